The monoisotopic (exact) mass is 271 g/mol. The minimum absolute atomic E-state index is 0.221. The lowest BCUT2D eigenvalue weighted by atomic mass is 10.0. The number of pyridine rings is 1. The molecular weight excluding hydrogens is 253 g/mol. The third kappa shape index (κ3) is 2.27. The van der Waals surface area contributed by atoms with Crippen LogP contribution in [0.2, 0.25) is 0 Å². The van der Waals surface area contributed by atoms with E-state index in [2.05, 4.69) is 16.0 Å². The Balaban J connectivity index is 1.99. The molecule has 20 heavy (non-hydrogen) atoms. The lowest BCUT2D eigenvalue weighted by Gasteiger charge is -2.29. The second-order valence-corrected chi connectivity index (χ2v) is 5.08. The van der Waals surface area contributed by atoms with Crippen LogP contribution in [-0.2, 0) is 6.54 Å². The maximum atomic E-state index is 13.9. The molecule has 0 amide bonds. The molecule has 1 aliphatic heterocycles. The van der Waals surface area contributed by atoms with E-state index >= 15 is 0 Å². The van der Waals surface area contributed by atoms with Crippen LogP contribution in [0, 0.1) is 5.82 Å². The quantitative estimate of drug-likeness (QED) is 0.933. The van der Waals surface area contributed by atoms with Crippen molar-refractivity contribution in [2.75, 3.05) is 11.4 Å². The predicted octanol–water partition coefficient (Wildman–Crippen LogP) is 3.02. The van der Waals surface area contributed by atoms with E-state index in [1.165, 1.54) is 11.6 Å². The van der Waals surface area contributed by atoms with Crippen LogP contribution in [0.5, 0.6) is 0 Å². The van der Waals surface area contributed by atoms with E-state index in [1.54, 1.807) is 12.3 Å². The number of nitrogens with two attached hydrogens (primary N) is 1. The SMILES string of the molecule is NCc1c(F)cccc1N1CCCC1c1cccnc1. The van der Waals surface area contributed by atoms with Crippen molar-refractivity contribution < 1.29 is 4.39 Å². The van der Waals surface area contributed by atoms with Gasteiger partial charge in [-0.25, -0.2) is 4.39 Å². The van der Waals surface area contributed by atoms with Crippen LogP contribution < -0.4 is 10.6 Å². The van der Waals surface area contributed by atoms with Crippen molar-refractivity contribution in [1.29, 1.82) is 0 Å². The smallest absolute Gasteiger partial charge is 0.129 e. The fourth-order valence-electron chi connectivity index (χ4n) is 2.99. The number of benzene rings is 1. The average Bonchev–Trinajstić information content (AvgIpc) is 2.97. The normalized spacial score (nSPS) is 18.5. The van der Waals surface area contributed by atoms with E-state index in [-0.39, 0.29) is 18.4 Å². The first-order chi connectivity index (χ1) is 9.81. The van der Waals surface area contributed by atoms with Crippen molar-refractivity contribution in [2.45, 2.75) is 25.4 Å². The fourth-order valence-corrected chi connectivity index (χ4v) is 2.99. The van der Waals surface area contributed by atoms with Gasteiger partial charge in [-0.15, -0.1) is 0 Å². The Bertz CT molecular complexity index is 586. The third-order valence-electron chi connectivity index (χ3n) is 3.93. The Morgan fingerprint density at radius 2 is 2.20 bits per heavy atom. The van der Waals surface area contributed by atoms with Crippen LogP contribution in [-0.4, -0.2) is 11.5 Å². The molecule has 0 radical (unpaired) electrons. The summed E-state index contributed by atoms with van der Waals surface area (Å²) in [5.41, 5.74) is 8.42. The standard InChI is InChI=1S/C16H18FN3/c17-14-5-1-6-16(13(14)10-18)20-9-3-7-15(20)12-4-2-8-19-11-12/h1-2,4-6,8,11,15H,3,7,9-10,18H2. The molecule has 104 valence electrons. The van der Waals surface area contributed by atoms with Gasteiger partial charge in [0.1, 0.15) is 5.82 Å². The number of anilines is 1. The molecule has 1 aromatic heterocycles. The summed E-state index contributed by atoms with van der Waals surface area (Å²) in [5, 5.41) is 0. The molecule has 2 aromatic rings. The van der Waals surface area contributed by atoms with E-state index in [4.69, 9.17) is 5.73 Å². The van der Waals surface area contributed by atoms with E-state index in [0.29, 0.717) is 5.56 Å². The summed E-state index contributed by atoms with van der Waals surface area (Å²) in [4.78, 5) is 6.44. The summed E-state index contributed by atoms with van der Waals surface area (Å²) in [6.45, 7) is 1.15. The Labute approximate surface area is 118 Å². The third-order valence-corrected chi connectivity index (χ3v) is 3.93. The largest absolute Gasteiger partial charge is 0.364 e. The summed E-state index contributed by atoms with van der Waals surface area (Å²) in [6.07, 6.45) is 5.83. The Kier molecular flexibility index (Phi) is 3.65. The van der Waals surface area contributed by atoms with Crippen LogP contribution in [0.4, 0.5) is 10.1 Å². The zero-order valence-electron chi connectivity index (χ0n) is 11.3. The second kappa shape index (κ2) is 5.59. The van der Waals surface area contributed by atoms with Gasteiger partial charge in [0.25, 0.3) is 0 Å². The molecule has 0 aliphatic carbocycles. The molecule has 2 heterocycles. The summed E-state index contributed by atoms with van der Waals surface area (Å²) in [5.74, 6) is -0.221. The molecule has 2 N–H and O–H groups in total. The lowest BCUT2D eigenvalue weighted by molar-refractivity contribution is 0.607. The summed E-state index contributed by atoms with van der Waals surface area (Å²) in [6, 6.07) is 9.47. The number of hydrogen-bond acceptors (Lipinski definition) is 3. The fraction of sp³-hybridized carbons (Fsp3) is 0.312. The number of aromatic nitrogens is 1. The van der Waals surface area contributed by atoms with Crippen LogP contribution in [0.3, 0.4) is 0 Å². The van der Waals surface area contributed by atoms with Gasteiger partial charge in [-0.2, -0.15) is 0 Å². The molecule has 3 rings (SSSR count). The van der Waals surface area contributed by atoms with Crippen molar-refractivity contribution in [3.05, 3.63) is 59.7 Å². The number of rotatable bonds is 3. The second-order valence-electron chi connectivity index (χ2n) is 5.08. The van der Waals surface area contributed by atoms with Crippen LogP contribution in [0.15, 0.2) is 42.7 Å². The van der Waals surface area contributed by atoms with Gasteiger partial charge in [0.05, 0.1) is 6.04 Å². The number of hydrogen-bond donors (Lipinski definition) is 1. The van der Waals surface area contributed by atoms with Gasteiger partial charge in [0.2, 0.25) is 0 Å². The molecule has 1 fully saturated rings. The Morgan fingerprint density at radius 1 is 1.30 bits per heavy atom. The van der Waals surface area contributed by atoms with Crippen molar-refractivity contribution in [3.8, 4) is 0 Å². The molecule has 3 nitrogen and oxygen atoms in total. The Morgan fingerprint density at radius 3 is 2.95 bits per heavy atom. The van der Waals surface area contributed by atoms with Crippen LogP contribution >= 0.6 is 0 Å². The van der Waals surface area contributed by atoms with E-state index < -0.39 is 0 Å². The molecule has 1 aliphatic rings. The van der Waals surface area contributed by atoms with Gasteiger partial charge >= 0.3 is 0 Å². The minimum Gasteiger partial charge on any atom is -0.364 e. The molecule has 4 heteroatoms. The van der Waals surface area contributed by atoms with Gasteiger partial charge in [-0.05, 0) is 36.6 Å². The highest BCUT2D eigenvalue weighted by atomic mass is 19.1. The summed E-state index contributed by atoms with van der Waals surface area (Å²) < 4.78 is 13.9. The topological polar surface area (TPSA) is 42.1 Å². The molecule has 0 bridgehead atoms. The van der Waals surface area contributed by atoms with Crippen molar-refractivity contribution >= 4 is 5.69 Å². The average molecular weight is 271 g/mol. The minimum atomic E-state index is -0.221. The number of halogens is 1. The Hall–Kier alpha value is -1.94. The molecule has 0 saturated carbocycles. The number of nitrogens with zero attached hydrogens (tertiary/aromatic N) is 2. The maximum Gasteiger partial charge on any atom is 0.129 e. The van der Waals surface area contributed by atoms with Crippen LogP contribution in [0.1, 0.15) is 30.0 Å². The van der Waals surface area contributed by atoms with Gasteiger partial charge in [-0.1, -0.05) is 12.1 Å². The summed E-state index contributed by atoms with van der Waals surface area (Å²) in [7, 11) is 0. The predicted molar refractivity (Wildman–Crippen MR) is 77.8 cm³/mol. The zero-order chi connectivity index (χ0) is 13.9. The van der Waals surface area contributed by atoms with Gasteiger partial charge < -0.3 is 10.6 Å². The summed E-state index contributed by atoms with van der Waals surface area (Å²) >= 11 is 0. The molecule has 1 atom stereocenters. The highest BCUT2D eigenvalue weighted by Crippen LogP contribution is 2.37. The lowest BCUT2D eigenvalue weighted by Crippen LogP contribution is -2.24. The highest BCUT2D eigenvalue weighted by Gasteiger charge is 2.28. The van der Waals surface area contributed by atoms with Crippen molar-refractivity contribution in [2.24, 2.45) is 5.73 Å². The van der Waals surface area contributed by atoms with E-state index in [0.717, 1.165) is 25.1 Å². The van der Waals surface area contributed by atoms with E-state index in [9.17, 15) is 4.39 Å². The van der Waals surface area contributed by atoms with Crippen LogP contribution in [0.25, 0.3) is 0 Å². The van der Waals surface area contributed by atoms with Crippen molar-refractivity contribution in [3.63, 3.8) is 0 Å². The zero-order valence-corrected chi connectivity index (χ0v) is 11.3. The molecule has 0 spiro atoms. The first-order valence-electron chi connectivity index (χ1n) is 6.95. The van der Waals surface area contributed by atoms with Gasteiger partial charge in [-0.3, -0.25) is 4.98 Å². The van der Waals surface area contributed by atoms with E-state index in [1.807, 2.05) is 18.3 Å². The van der Waals surface area contributed by atoms with Gasteiger partial charge in [0.15, 0.2) is 0 Å². The molecule has 1 saturated heterocycles. The molecular formula is C16H18FN3. The van der Waals surface area contributed by atoms with Crippen molar-refractivity contribution in [1.82, 2.24) is 4.98 Å². The first kappa shape index (κ1) is 13.1. The first-order valence-corrected chi connectivity index (χ1v) is 6.95. The molecule has 1 unspecified atom stereocenters. The highest BCUT2D eigenvalue weighted by molar-refractivity contribution is 5.56. The molecule has 1 aromatic carbocycles. The van der Waals surface area contributed by atoms with Gasteiger partial charge in [0, 0.05) is 36.7 Å². The maximum absolute atomic E-state index is 13.9.